The fourth-order valence-electron chi connectivity index (χ4n) is 3.00. The first-order valence-electron chi connectivity index (χ1n) is 9.37. The van der Waals surface area contributed by atoms with Gasteiger partial charge in [0.1, 0.15) is 5.82 Å². The molecule has 0 spiro atoms. The number of aromatic nitrogens is 3. The van der Waals surface area contributed by atoms with Gasteiger partial charge in [0, 0.05) is 11.3 Å². The summed E-state index contributed by atoms with van der Waals surface area (Å²) in [6, 6.07) is 24.1. The van der Waals surface area contributed by atoms with E-state index in [1.165, 1.54) is 17.8 Å². The molecule has 3 aromatic carbocycles. The maximum absolute atomic E-state index is 13.9. The summed E-state index contributed by atoms with van der Waals surface area (Å²) in [6.45, 7) is 1.84. The third-order valence-corrected chi connectivity index (χ3v) is 5.34. The lowest BCUT2D eigenvalue weighted by Crippen LogP contribution is -2.15. The van der Waals surface area contributed by atoms with Gasteiger partial charge < -0.3 is 5.32 Å². The molecule has 0 unspecified atom stereocenters. The van der Waals surface area contributed by atoms with Crippen LogP contribution in [0.5, 0.6) is 0 Å². The van der Waals surface area contributed by atoms with Gasteiger partial charge in [0.2, 0.25) is 5.91 Å². The SMILES string of the molecule is Cc1ccc(F)c(NC(=O)CSc2nnc(-c3ccccc3)n2-c2ccccc2)c1. The number of halogens is 1. The molecule has 1 heterocycles. The maximum Gasteiger partial charge on any atom is 0.234 e. The number of anilines is 1. The van der Waals surface area contributed by atoms with Crippen LogP contribution in [0.3, 0.4) is 0 Å². The summed E-state index contributed by atoms with van der Waals surface area (Å²) in [6.07, 6.45) is 0. The highest BCUT2D eigenvalue weighted by Crippen LogP contribution is 2.28. The monoisotopic (exact) mass is 418 g/mol. The molecule has 0 saturated heterocycles. The second-order valence-electron chi connectivity index (χ2n) is 6.66. The molecule has 0 saturated carbocycles. The van der Waals surface area contributed by atoms with Crippen molar-refractivity contribution in [1.29, 1.82) is 0 Å². The van der Waals surface area contributed by atoms with Crippen LogP contribution in [0.2, 0.25) is 0 Å². The molecule has 1 aromatic heterocycles. The number of nitrogens with zero attached hydrogens (tertiary/aromatic N) is 3. The van der Waals surface area contributed by atoms with Crippen molar-refractivity contribution in [3.8, 4) is 17.1 Å². The molecule has 1 amide bonds. The molecule has 0 radical (unpaired) electrons. The van der Waals surface area contributed by atoms with Crippen molar-refractivity contribution < 1.29 is 9.18 Å². The van der Waals surface area contributed by atoms with Gasteiger partial charge in [-0.1, -0.05) is 66.4 Å². The van der Waals surface area contributed by atoms with E-state index in [-0.39, 0.29) is 17.3 Å². The first kappa shape index (κ1) is 19.8. The summed E-state index contributed by atoms with van der Waals surface area (Å²) in [7, 11) is 0. The van der Waals surface area contributed by atoms with Crippen molar-refractivity contribution in [2.45, 2.75) is 12.1 Å². The third kappa shape index (κ3) is 4.41. The van der Waals surface area contributed by atoms with Crippen LogP contribution >= 0.6 is 11.8 Å². The molecular weight excluding hydrogens is 399 g/mol. The van der Waals surface area contributed by atoms with Crippen molar-refractivity contribution in [2.24, 2.45) is 0 Å². The highest BCUT2D eigenvalue weighted by Gasteiger charge is 2.17. The van der Waals surface area contributed by atoms with E-state index in [9.17, 15) is 9.18 Å². The Hall–Kier alpha value is -3.45. The normalized spacial score (nSPS) is 10.7. The van der Waals surface area contributed by atoms with Crippen LogP contribution in [0.4, 0.5) is 10.1 Å². The van der Waals surface area contributed by atoms with Crippen molar-refractivity contribution in [2.75, 3.05) is 11.1 Å². The number of carbonyl (C=O) groups excluding carboxylic acids is 1. The summed E-state index contributed by atoms with van der Waals surface area (Å²) < 4.78 is 15.8. The number of para-hydroxylation sites is 1. The Morgan fingerprint density at radius 2 is 1.70 bits per heavy atom. The van der Waals surface area contributed by atoms with Crippen LogP contribution in [-0.2, 0) is 4.79 Å². The van der Waals surface area contributed by atoms with E-state index < -0.39 is 5.82 Å². The average molecular weight is 418 g/mol. The Morgan fingerprint density at radius 1 is 1.00 bits per heavy atom. The van der Waals surface area contributed by atoms with Crippen LogP contribution in [-0.4, -0.2) is 26.4 Å². The Balaban J connectivity index is 1.58. The van der Waals surface area contributed by atoms with E-state index in [0.29, 0.717) is 11.0 Å². The van der Waals surface area contributed by atoms with Crippen molar-refractivity contribution in [3.05, 3.63) is 90.2 Å². The van der Waals surface area contributed by atoms with Crippen LogP contribution < -0.4 is 5.32 Å². The molecule has 0 bridgehead atoms. The minimum Gasteiger partial charge on any atom is -0.323 e. The van der Waals surface area contributed by atoms with Gasteiger partial charge in [-0.05, 0) is 36.8 Å². The minimum atomic E-state index is -0.460. The molecule has 5 nitrogen and oxygen atoms in total. The van der Waals surface area contributed by atoms with Gasteiger partial charge in [-0.3, -0.25) is 9.36 Å². The molecule has 0 atom stereocenters. The lowest BCUT2D eigenvalue weighted by molar-refractivity contribution is -0.113. The number of rotatable bonds is 6. The Morgan fingerprint density at radius 3 is 2.43 bits per heavy atom. The second-order valence-corrected chi connectivity index (χ2v) is 7.61. The zero-order chi connectivity index (χ0) is 20.9. The summed E-state index contributed by atoms with van der Waals surface area (Å²) in [5.41, 5.74) is 2.87. The molecule has 0 aliphatic carbocycles. The quantitative estimate of drug-likeness (QED) is 0.442. The largest absolute Gasteiger partial charge is 0.323 e. The first-order chi connectivity index (χ1) is 14.6. The number of thioether (sulfide) groups is 1. The Bertz CT molecular complexity index is 1160. The van der Waals surface area contributed by atoms with Gasteiger partial charge in [0.15, 0.2) is 11.0 Å². The van der Waals surface area contributed by atoms with Gasteiger partial charge in [-0.15, -0.1) is 10.2 Å². The van der Waals surface area contributed by atoms with Gasteiger partial charge in [-0.2, -0.15) is 0 Å². The Labute approximate surface area is 178 Å². The standard InChI is InChI=1S/C23H19FN4OS/c1-16-12-13-19(24)20(14-16)25-21(29)15-30-23-27-26-22(17-8-4-2-5-9-17)28(23)18-10-6-3-7-11-18/h2-14H,15H2,1H3,(H,25,29). The molecule has 1 N–H and O–H groups in total. The summed E-state index contributed by atoms with van der Waals surface area (Å²) in [5.74, 6) is -0.00627. The number of benzene rings is 3. The molecule has 30 heavy (non-hydrogen) atoms. The van der Waals surface area contributed by atoms with Crippen LogP contribution in [0.25, 0.3) is 17.1 Å². The van der Waals surface area contributed by atoms with Gasteiger partial charge >= 0.3 is 0 Å². The molecule has 4 aromatic rings. The molecule has 150 valence electrons. The third-order valence-electron chi connectivity index (χ3n) is 4.41. The Kier molecular flexibility index (Phi) is 5.90. The highest BCUT2D eigenvalue weighted by atomic mass is 32.2. The number of aryl methyl sites for hydroxylation is 1. The van der Waals surface area contributed by atoms with E-state index in [1.807, 2.05) is 72.2 Å². The number of amides is 1. The van der Waals surface area contributed by atoms with E-state index >= 15 is 0 Å². The minimum absolute atomic E-state index is 0.0765. The van der Waals surface area contributed by atoms with Gasteiger partial charge in [0.05, 0.1) is 11.4 Å². The fourth-order valence-corrected chi connectivity index (χ4v) is 3.75. The number of nitrogens with one attached hydrogen (secondary N) is 1. The van der Waals surface area contributed by atoms with Crippen molar-refractivity contribution in [3.63, 3.8) is 0 Å². The van der Waals surface area contributed by atoms with Crippen molar-refractivity contribution >= 4 is 23.4 Å². The first-order valence-corrected chi connectivity index (χ1v) is 10.4. The number of hydrogen-bond donors (Lipinski definition) is 1. The molecule has 4 rings (SSSR count). The predicted molar refractivity (Wildman–Crippen MR) is 117 cm³/mol. The van der Waals surface area contributed by atoms with Gasteiger partial charge in [-0.25, -0.2) is 4.39 Å². The van der Waals surface area contributed by atoms with E-state index in [0.717, 1.165) is 16.8 Å². The van der Waals surface area contributed by atoms with E-state index in [4.69, 9.17) is 0 Å². The zero-order valence-electron chi connectivity index (χ0n) is 16.2. The smallest absolute Gasteiger partial charge is 0.234 e. The molecule has 0 aliphatic heterocycles. The van der Waals surface area contributed by atoms with Crippen LogP contribution in [0.15, 0.2) is 84.0 Å². The summed E-state index contributed by atoms with van der Waals surface area (Å²) in [5, 5.41) is 11.9. The number of hydrogen-bond acceptors (Lipinski definition) is 4. The topological polar surface area (TPSA) is 59.8 Å². The molecule has 0 aliphatic rings. The maximum atomic E-state index is 13.9. The second kappa shape index (κ2) is 8.92. The van der Waals surface area contributed by atoms with Crippen molar-refractivity contribution in [1.82, 2.24) is 14.8 Å². The summed E-state index contributed by atoms with van der Waals surface area (Å²) >= 11 is 1.25. The summed E-state index contributed by atoms with van der Waals surface area (Å²) in [4.78, 5) is 12.4. The average Bonchev–Trinajstić information content (AvgIpc) is 3.20. The van der Waals surface area contributed by atoms with E-state index in [2.05, 4.69) is 15.5 Å². The lowest BCUT2D eigenvalue weighted by atomic mass is 10.2. The molecule has 7 heteroatoms. The molecular formula is C23H19FN4OS. The molecule has 0 fully saturated rings. The lowest BCUT2D eigenvalue weighted by Gasteiger charge is -2.11. The van der Waals surface area contributed by atoms with Crippen LogP contribution in [0, 0.1) is 12.7 Å². The van der Waals surface area contributed by atoms with Crippen LogP contribution in [0.1, 0.15) is 5.56 Å². The predicted octanol–water partition coefficient (Wildman–Crippen LogP) is 5.11. The zero-order valence-corrected chi connectivity index (χ0v) is 17.1. The fraction of sp³-hybridized carbons (Fsp3) is 0.0870. The highest BCUT2D eigenvalue weighted by molar-refractivity contribution is 7.99. The number of carbonyl (C=O) groups is 1. The van der Waals surface area contributed by atoms with E-state index in [1.54, 1.807) is 12.1 Å². The van der Waals surface area contributed by atoms with Gasteiger partial charge in [0.25, 0.3) is 0 Å².